The van der Waals surface area contributed by atoms with E-state index in [9.17, 15) is 14.7 Å². The molecule has 0 aromatic rings. The van der Waals surface area contributed by atoms with Crippen LogP contribution in [0.1, 0.15) is 34.1 Å². The van der Waals surface area contributed by atoms with E-state index < -0.39 is 17.6 Å². The zero-order chi connectivity index (χ0) is 14.6. The maximum atomic E-state index is 12.2. The molecule has 1 aliphatic rings. The van der Waals surface area contributed by atoms with Crippen molar-refractivity contribution in [2.45, 2.75) is 45.7 Å². The van der Waals surface area contributed by atoms with Gasteiger partial charge in [0.15, 0.2) is 0 Å². The number of morpholine rings is 1. The average Bonchev–Trinajstić information content (AvgIpc) is 2.33. The number of carbonyl (C=O) groups is 2. The molecule has 0 saturated carbocycles. The van der Waals surface area contributed by atoms with Gasteiger partial charge < -0.3 is 20.1 Å². The molecule has 0 aliphatic carbocycles. The van der Waals surface area contributed by atoms with Gasteiger partial charge in [0.25, 0.3) is 0 Å². The van der Waals surface area contributed by atoms with E-state index in [0.717, 1.165) is 0 Å². The number of nitrogens with one attached hydrogen (secondary N) is 1. The Morgan fingerprint density at radius 2 is 2.11 bits per heavy atom. The first-order chi connectivity index (χ1) is 8.79. The van der Waals surface area contributed by atoms with Crippen LogP contribution in [0.4, 0.5) is 4.79 Å². The molecule has 6 heteroatoms. The molecule has 2 N–H and O–H groups in total. The monoisotopic (exact) mass is 272 g/mol. The van der Waals surface area contributed by atoms with E-state index in [1.54, 1.807) is 4.90 Å². The second kappa shape index (κ2) is 6.23. The number of rotatable bonds is 4. The van der Waals surface area contributed by atoms with Crippen molar-refractivity contribution in [3.63, 3.8) is 0 Å². The predicted octanol–water partition coefficient (Wildman–Crippen LogP) is 1.31. The van der Waals surface area contributed by atoms with Gasteiger partial charge in [0.05, 0.1) is 18.8 Å². The van der Waals surface area contributed by atoms with Crippen molar-refractivity contribution in [3.8, 4) is 0 Å². The Kier molecular flexibility index (Phi) is 5.17. The Morgan fingerprint density at radius 1 is 1.47 bits per heavy atom. The Bertz CT molecular complexity index is 344. The minimum Gasteiger partial charge on any atom is -0.480 e. The third-order valence-electron chi connectivity index (χ3n) is 3.65. The highest BCUT2D eigenvalue weighted by Crippen LogP contribution is 2.19. The fourth-order valence-electron chi connectivity index (χ4n) is 2.13. The van der Waals surface area contributed by atoms with Crippen LogP contribution >= 0.6 is 0 Å². The second-order valence-electron chi connectivity index (χ2n) is 5.67. The summed E-state index contributed by atoms with van der Waals surface area (Å²) in [6.07, 6.45) is 0.698. The highest BCUT2D eigenvalue weighted by atomic mass is 16.5. The molecule has 1 fully saturated rings. The van der Waals surface area contributed by atoms with Crippen LogP contribution in [-0.2, 0) is 9.53 Å². The first kappa shape index (κ1) is 15.8. The number of ether oxygens (including phenoxy) is 1. The number of hydrogen-bond acceptors (Lipinski definition) is 3. The summed E-state index contributed by atoms with van der Waals surface area (Å²) in [5.74, 6) is -1.10. The molecule has 0 aromatic carbocycles. The van der Waals surface area contributed by atoms with Crippen molar-refractivity contribution in [2.75, 3.05) is 19.8 Å². The SMILES string of the molecule is CCC(C)C(NC(=O)N1CCOCC1(C)C)C(=O)O. The van der Waals surface area contributed by atoms with Gasteiger partial charge >= 0.3 is 12.0 Å². The van der Waals surface area contributed by atoms with Gasteiger partial charge in [-0.25, -0.2) is 9.59 Å². The van der Waals surface area contributed by atoms with Crippen LogP contribution in [0, 0.1) is 5.92 Å². The summed E-state index contributed by atoms with van der Waals surface area (Å²) in [5.41, 5.74) is -0.416. The van der Waals surface area contributed by atoms with Crippen LogP contribution in [0.3, 0.4) is 0 Å². The maximum Gasteiger partial charge on any atom is 0.326 e. The van der Waals surface area contributed by atoms with Crippen molar-refractivity contribution >= 4 is 12.0 Å². The van der Waals surface area contributed by atoms with Gasteiger partial charge in [-0.1, -0.05) is 20.3 Å². The first-order valence-corrected chi connectivity index (χ1v) is 6.68. The summed E-state index contributed by atoms with van der Waals surface area (Å²) >= 11 is 0. The van der Waals surface area contributed by atoms with Crippen molar-refractivity contribution < 1.29 is 19.4 Å². The van der Waals surface area contributed by atoms with Crippen LogP contribution in [0.25, 0.3) is 0 Å². The molecule has 1 saturated heterocycles. The van der Waals surface area contributed by atoms with E-state index in [1.165, 1.54) is 0 Å². The van der Waals surface area contributed by atoms with E-state index in [0.29, 0.717) is 26.2 Å². The summed E-state index contributed by atoms with van der Waals surface area (Å²) < 4.78 is 5.35. The third kappa shape index (κ3) is 3.83. The molecule has 2 unspecified atom stereocenters. The molecule has 0 aromatic heterocycles. The number of urea groups is 1. The van der Waals surface area contributed by atoms with Gasteiger partial charge in [-0.05, 0) is 19.8 Å². The predicted molar refractivity (Wildman–Crippen MR) is 71.0 cm³/mol. The van der Waals surface area contributed by atoms with E-state index in [-0.39, 0.29) is 11.9 Å². The number of carboxylic acids is 1. The maximum absolute atomic E-state index is 12.2. The number of nitrogens with zero attached hydrogens (tertiary/aromatic N) is 1. The molecule has 1 aliphatic heterocycles. The number of carboxylic acid groups (broad SMARTS) is 1. The third-order valence-corrected chi connectivity index (χ3v) is 3.65. The topological polar surface area (TPSA) is 78.9 Å². The Balaban J connectivity index is 2.73. The highest BCUT2D eigenvalue weighted by molar-refractivity contribution is 5.83. The lowest BCUT2D eigenvalue weighted by molar-refractivity contribution is -0.140. The molecule has 0 spiro atoms. The van der Waals surface area contributed by atoms with E-state index in [1.807, 2.05) is 27.7 Å². The van der Waals surface area contributed by atoms with Crippen molar-refractivity contribution in [1.82, 2.24) is 10.2 Å². The lowest BCUT2D eigenvalue weighted by Gasteiger charge is -2.42. The Morgan fingerprint density at radius 3 is 2.58 bits per heavy atom. The van der Waals surface area contributed by atoms with E-state index in [4.69, 9.17) is 4.74 Å². The van der Waals surface area contributed by atoms with Crippen molar-refractivity contribution in [3.05, 3.63) is 0 Å². The fourth-order valence-corrected chi connectivity index (χ4v) is 2.13. The molecule has 0 radical (unpaired) electrons. The minimum atomic E-state index is -0.992. The van der Waals surface area contributed by atoms with Gasteiger partial charge in [0, 0.05) is 6.54 Å². The number of aliphatic carboxylic acids is 1. The van der Waals surface area contributed by atoms with E-state index >= 15 is 0 Å². The lowest BCUT2D eigenvalue weighted by Crippen LogP contribution is -2.61. The normalized spacial score (nSPS) is 21.6. The highest BCUT2D eigenvalue weighted by Gasteiger charge is 2.36. The molecule has 1 heterocycles. The summed E-state index contributed by atoms with van der Waals surface area (Å²) in [6, 6.07) is -1.18. The first-order valence-electron chi connectivity index (χ1n) is 6.68. The largest absolute Gasteiger partial charge is 0.480 e. The summed E-state index contributed by atoms with van der Waals surface area (Å²) in [4.78, 5) is 25.1. The number of hydrogen-bond donors (Lipinski definition) is 2. The molecular weight excluding hydrogens is 248 g/mol. The molecule has 19 heavy (non-hydrogen) atoms. The van der Waals surface area contributed by atoms with Crippen LogP contribution in [-0.4, -0.2) is 53.3 Å². The molecular formula is C13H24N2O4. The Labute approximate surface area is 114 Å². The summed E-state index contributed by atoms with van der Waals surface area (Å²) in [7, 11) is 0. The van der Waals surface area contributed by atoms with Crippen LogP contribution in [0.2, 0.25) is 0 Å². The zero-order valence-corrected chi connectivity index (χ0v) is 12.1. The molecule has 1 rings (SSSR count). The van der Waals surface area contributed by atoms with Crippen LogP contribution in [0.5, 0.6) is 0 Å². The fraction of sp³-hybridized carbons (Fsp3) is 0.846. The van der Waals surface area contributed by atoms with E-state index in [2.05, 4.69) is 5.32 Å². The second-order valence-corrected chi connectivity index (χ2v) is 5.67. The standard InChI is InChI=1S/C13H24N2O4/c1-5-9(2)10(11(16)17)14-12(18)15-6-7-19-8-13(15,3)4/h9-10H,5-8H2,1-4H3,(H,14,18)(H,16,17). The Hall–Kier alpha value is -1.30. The molecule has 2 atom stereocenters. The molecule has 2 amide bonds. The van der Waals surface area contributed by atoms with Gasteiger partial charge in [-0.3, -0.25) is 0 Å². The van der Waals surface area contributed by atoms with Gasteiger partial charge in [0.2, 0.25) is 0 Å². The quantitative estimate of drug-likeness (QED) is 0.808. The summed E-state index contributed by atoms with van der Waals surface area (Å²) in [5, 5.41) is 11.8. The van der Waals surface area contributed by atoms with Gasteiger partial charge in [-0.2, -0.15) is 0 Å². The van der Waals surface area contributed by atoms with Crippen molar-refractivity contribution in [2.24, 2.45) is 5.92 Å². The average molecular weight is 272 g/mol. The van der Waals surface area contributed by atoms with Crippen molar-refractivity contribution in [1.29, 1.82) is 0 Å². The van der Waals surface area contributed by atoms with Crippen LogP contribution in [0.15, 0.2) is 0 Å². The minimum absolute atomic E-state index is 0.106. The lowest BCUT2D eigenvalue weighted by atomic mass is 9.99. The number of amides is 2. The molecule has 0 bridgehead atoms. The molecule has 110 valence electrons. The summed E-state index contributed by atoms with van der Waals surface area (Å²) in [6.45, 7) is 8.97. The smallest absolute Gasteiger partial charge is 0.326 e. The zero-order valence-electron chi connectivity index (χ0n) is 12.1. The van der Waals surface area contributed by atoms with Crippen LogP contribution < -0.4 is 5.32 Å². The van der Waals surface area contributed by atoms with Gasteiger partial charge in [0.1, 0.15) is 6.04 Å². The number of carbonyl (C=O) groups excluding carboxylic acids is 1. The molecule has 6 nitrogen and oxygen atoms in total. The van der Waals surface area contributed by atoms with Gasteiger partial charge in [-0.15, -0.1) is 0 Å².